The SMILES string of the molecule is CCCn1nccc1CNc1c(F)cccc1Cl. The van der Waals surface area contributed by atoms with E-state index < -0.39 is 0 Å². The van der Waals surface area contributed by atoms with Crippen molar-refractivity contribution in [2.24, 2.45) is 0 Å². The molecule has 2 aromatic rings. The van der Waals surface area contributed by atoms with E-state index in [-0.39, 0.29) is 5.82 Å². The molecule has 0 atom stereocenters. The van der Waals surface area contributed by atoms with Crippen molar-refractivity contribution in [3.8, 4) is 0 Å². The van der Waals surface area contributed by atoms with Gasteiger partial charge in [-0.15, -0.1) is 0 Å². The van der Waals surface area contributed by atoms with Gasteiger partial charge in [0.1, 0.15) is 5.82 Å². The van der Waals surface area contributed by atoms with Crippen molar-refractivity contribution >= 4 is 17.3 Å². The first kappa shape index (κ1) is 12.9. The lowest BCUT2D eigenvalue weighted by atomic mass is 10.3. The lowest BCUT2D eigenvalue weighted by molar-refractivity contribution is 0.577. The zero-order chi connectivity index (χ0) is 13.0. The number of para-hydroxylation sites is 1. The van der Waals surface area contributed by atoms with E-state index in [0.717, 1.165) is 18.7 Å². The average molecular weight is 268 g/mol. The summed E-state index contributed by atoms with van der Waals surface area (Å²) in [6, 6.07) is 6.55. The molecule has 1 N–H and O–H groups in total. The van der Waals surface area contributed by atoms with Gasteiger partial charge in [0, 0.05) is 12.7 Å². The minimum absolute atomic E-state index is 0.336. The van der Waals surface area contributed by atoms with Crippen LogP contribution in [0.5, 0.6) is 0 Å². The van der Waals surface area contributed by atoms with Crippen LogP contribution in [0.25, 0.3) is 0 Å². The first-order chi connectivity index (χ1) is 8.72. The van der Waals surface area contributed by atoms with Gasteiger partial charge < -0.3 is 5.32 Å². The molecule has 1 heterocycles. The topological polar surface area (TPSA) is 29.9 Å². The molecule has 96 valence electrons. The van der Waals surface area contributed by atoms with Gasteiger partial charge in [-0.2, -0.15) is 5.10 Å². The van der Waals surface area contributed by atoms with E-state index >= 15 is 0 Å². The third-order valence-electron chi connectivity index (χ3n) is 2.65. The fourth-order valence-electron chi connectivity index (χ4n) is 1.77. The van der Waals surface area contributed by atoms with Crippen LogP contribution in [0.2, 0.25) is 5.02 Å². The van der Waals surface area contributed by atoms with Crippen LogP contribution in [0.15, 0.2) is 30.5 Å². The van der Waals surface area contributed by atoms with E-state index in [1.54, 1.807) is 18.3 Å². The summed E-state index contributed by atoms with van der Waals surface area (Å²) in [5.74, 6) is -0.343. The molecule has 0 aliphatic rings. The first-order valence-electron chi connectivity index (χ1n) is 5.91. The van der Waals surface area contributed by atoms with Gasteiger partial charge in [-0.25, -0.2) is 4.39 Å². The fraction of sp³-hybridized carbons (Fsp3) is 0.308. The first-order valence-corrected chi connectivity index (χ1v) is 6.28. The Hall–Kier alpha value is -1.55. The van der Waals surface area contributed by atoms with Crippen LogP contribution in [0.3, 0.4) is 0 Å². The lowest BCUT2D eigenvalue weighted by Crippen LogP contribution is -2.09. The molecule has 0 radical (unpaired) electrons. The molecule has 0 aliphatic carbocycles. The van der Waals surface area contributed by atoms with Crippen molar-refractivity contribution in [1.82, 2.24) is 9.78 Å². The summed E-state index contributed by atoms with van der Waals surface area (Å²) < 4.78 is 15.5. The minimum atomic E-state index is -0.343. The normalized spacial score (nSPS) is 10.6. The monoisotopic (exact) mass is 267 g/mol. The predicted molar refractivity (Wildman–Crippen MR) is 71.3 cm³/mol. The van der Waals surface area contributed by atoms with E-state index in [1.807, 2.05) is 10.7 Å². The van der Waals surface area contributed by atoms with Gasteiger partial charge in [0.2, 0.25) is 0 Å². The summed E-state index contributed by atoms with van der Waals surface area (Å²) >= 11 is 5.95. The average Bonchev–Trinajstić information content (AvgIpc) is 2.77. The van der Waals surface area contributed by atoms with Crippen molar-refractivity contribution in [3.05, 3.63) is 47.0 Å². The molecule has 0 unspecified atom stereocenters. The number of hydrogen-bond donors (Lipinski definition) is 1. The number of anilines is 1. The molecule has 0 aliphatic heterocycles. The van der Waals surface area contributed by atoms with Crippen LogP contribution in [0, 0.1) is 5.82 Å². The standard InChI is InChI=1S/C13H15ClFN3/c1-2-8-18-10(6-7-17-18)9-16-13-11(14)4-3-5-12(13)15/h3-7,16H,2,8-9H2,1H3. The van der Waals surface area contributed by atoms with Crippen molar-refractivity contribution < 1.29 is 4.39 Å². The fourth-order valence-corrected chi connectivity index (χ4v) is 2.00. The van der Waals surface area contributed by atoms with Crippen LogP contribution in [0.4, 0.5) is 10.1 Å². The second-order valence-corrected chi connectivity index (χ2v) is 4.40. The minimum Gasteiger partial charge on any atom is -0.376 e. The number of nitrogens with zero attached hydrogens (tertiary/aromatic N) is 2. The van der Waals surface area contributed by atoms with Crippen molar-refractivity contribution in [2.75, 3.05) is 5.32 Å². The molecule has 18 heavy (non-hydrogen) atoms. The Morgan fingerprint density at radius 3 is 2.94 bits per heavy atom. The molecule has 3 nitrogen and oxygen atoms in total. The number of aromatic nitrogens is 2. The molecular formula is C13H15ClFN3. The number of rotatable bonds is 5. The number of hydrogen-bond acceptors (Lipinski definition) is 2. The van der Waals surface area contributed by atoms with Crippen molar-refractivity contribution in [3.63, 3.8) is 0 Å². The number of nitrogens with one attached hydrogen (secondary N) is 1. The van der Waals surface area contributed by atoms with Gasteiger partial charge in [0.15, 0.2) is 0 Å². The largest absolute Gasteiger partial charge is 0.376 e. The molecular weight excluding hydrogens is 253 g/mol. The molecule has 1 aromatic carbocycles. The molecule has 0 amide bonds. The number of halogens is 2. The van der Waals surface area contributed by atoms with Crippen LogP contribution >= 0.6 is 11.6 Å². The molecule has 0 saturated heterocycles. The summed E-state index contributed by atoms with van der Waals surface area (Å²) in [5, 5.41) is 7.61. The van der Waals surface area contributed by atoms with Gasteiger partial charge >= 0.3 is 0 Å². The Morgan fingerprint density at radius 1 is 1.39 bits per heavy atom. The smallest absolute Gasteiger partial charge is 0.147 e. The Labute approximate surface area is 111 Å². The van der Waals surface area contributed by atoms with Crippen LogP contribution in [0.1, 0.15) is 19.0 Å². The molecule has 0 bridgehead atoms. The van der Waals surface area contributed by atoms with Gasteiger partial charge in [-0.1, -0.05) is 24.6 Å². The molecule has 0 spiro atoms. The molecule has 2 rings (SSSR count). The Kier molecular flexibility index (Phi) is 4.20. The van der Waals surface area contributed by atoms with Gasteiger partial charge in [0.25, 0.3) is 0 Å². The number of benzene rings is 1. The third-order valence-corrected chi connectivity index (χ3v) is 2.96. The highest BCUT2D eigenvalue weighted by Gasteiger charge is 2.07. The molecule has 0 fully saturated rings. The summed E-state index contributed by atoms with van der Waals surface area (Å²) in [6.45, 7) is 3.45. The molecule has 5 heteroatoms. The molecule has 0 saturated carbocycles. The maximum Gasteiger partial charge on any atom is 0.147 e. The zero-order valence-electron chi connectivity index (χ0n) is 10.2. The Morgan fingerprint density at radius 2 is 2.22 bits per heavy atom. The summed E-state index contributed by atoms with van der Waals surface area (Å²) in [6.07, 6.45) is 2.75. The number of aryl methyl sites for hydroxylation is 1. The summed E-state index contributed by atoms with van der Waals surface area (Å²) in [4.78, 5) is 0. The second kappa shape index (κ2) is 5.87. The van der Waals surface area contributed by atoms with E-state index in [1.165, 1.54) is 6.07 Å². The summed E-state index contributed by atoms with van der Waals surface area (Å²) in [7, 11) is 0. The highest BCUT2D eigenvalue weighted by atomic mass is 35.5. The van der Waals surface area contributed by atoms with Crippen LogP contribution in [-0.4, -0.2) is 9.78 Å². The van der Waals surface area contributed by atoms with E-state index in [2.05, 4.69) is 17.3 Å². The van der Waals surface area contributed by atoms with Crippen LogP contribution in [-0.2, 0) is 13.1 Å². The second-order valence-electron chi connectivity index (χ2n) is 4.00. The Bertz CT molecular complexity index is 504. The Balaban J connectivity index is 2.09. The summed E-state index contributed by atoms with van der Waals surface area (Å²) in [5.41, 5.74) is 1.35. The van der Waals surface area contributed by atoms with Crippen molar-refractivity contribution in [1.29, 1.82) is 0 Å². The molecule has 1 aromatic heterocycles. The third kappa shape index (κ3) is 2.82. The highest BCUT2D eigenvalue weighted by molar-refractivity contribution is 6.33. The van der Waals surface area contributed by atoms with Gasteiger partial charge in [-0.05, 0) is 24.6 Å². The van der Waals surface area contributed by atoms with Gasteiger partial charge in [0.05, 0.1) is 22.9 Å². The maximum atomic E-state index is 13.6. The van der Waals surface area contributed by atoms with Gasteiger partial charge in [-0.3, -0.25) is 4.68 Å². The highest BCUT2D eigenvalue weighted by Crippen LogP contribution is 2.25. The lowest BCUT2D eigenvalue weighted by Gasteiger charge is -2.10. The van der Waals surface area contributed by atoms with Crippen molar-refractivity contribution in [2.45, 2.75) is 26.4 Å². The zero-order valence-corrected chi connectivity index (χ0v) is 10.9. The van der Waals surface area contributed by atoms with Crippen LogP contribution < -0.4 is 5.32 Å². The predicted octanol–water partition coefficient (Wildman–Crippen LogP) is 3.70. The maximum absolute atomic E-state index is 13.6. The van der Waals surface area contributed by atoms with E-state index in [9.17, 15) is 4.39 Å². The van der Waals surface area contributed by atoms with E-state index in [4.69, 9.17) is 11.6 Å². The quantitative estimate of drug-likeness (QED) is 0.895. The van der Waals surface area contributed by atoms with E-state index in [0.29, 0.717) is 17.3 Å².